The Kier molecular flexibility index (Phi) is 3.75. The van der Waals surface area contributed by atoms with Crippen molar-refractivity contribution in [1.29, 1.82) is 0 Å². The first-order chi connectivity index (χ1) is 7.13. The lowest BCUT2D eigenvalue weighted by Crippen LogP contribution is -2.24. The predicted octanol–water partition coefficient (Wildman–Crippen LogP) is 1.50. The minimum Gasteiger partial charge on any atom is -0.346 e. The number of hydrogen-bond donors (Lipinski definition) is 1. The van der Waals surface area contributed by atoms with E-state index < -0.39 is 17.5 Å². The molecule has 0 fully saturated rings. The predicted molar refractivity (Wildman–Crippen MR) is 49.7 cm³/mol. The molecule has 0 aliphatic carbocycles. The van der Waals surface area contributed by atoms with E-state index in [4.69, 9.17) is 6.57 Å². The summed E-state index contributed by atoms with van der Waals surface area (Å²) < 4.78 is 25.2. The van der Waals surface area contributed by atoms with Crippen LogP contribution < -0.4 is 5.32 Å². The Labute approximate surface area is 85.5 Å². The number of halogens is 2. The highest BCUT2D eigenvalue weighted by atomic mass is 19.2. The maximum atomic E-state index is 12.7. The van der Waals surface area contributed by atoms with E-state index in [0.29, 0.717) is 5.56 Å². The number of carbonyl (C=O) groups is 1. The first kappa shape index (κ1) is 11.1. The van der Waals surface area contributed by atoms with Gasteiger partial charge in [-0.2, -0.15) is 0 Å². The molecule has 0 aliphatic heterocycles. The molecule has 1 amide bonds. The van der Waals surface area contributed by atoms with Crippen LogP contribution >= 0.6 is 0 Å². The summed E-state index contributed by atoms with van der Waals surface area (Å²) in [6.45, 7) is 6.26. The van der Waals surface area contributed by atoms with Crippen molar-refractivity contribution in [2.45, 2.75) is 6.54 Å². The number of rotatable bonds is 3. The average molecular weight is 210 g/mol. The largest absolute Gasteiger partial charge is 0.346 e. The highest BCUT2D eigenvalue weighted by molar-refractivity contribution is 5.79. The zero-order valence-corrected chi connectivity index (χ0v) is 7.76. The van der Waals surface area contributed by atoms with Crippen molar-refractivity contribution in [3.8, 4) is 0 Å². The maximum absolute atomic E-state index is 12.7. The molecule has 1 N–H and O–H groups in total. The Morgan fingerprint density at radius 2 is 2.13 bits per heavy atom. The highest BCUT2D eigenvalue weighted by Gasteiger charge is 2.05. The average Bonchev–Trinajstić information content (AvgIpc) is 2.20. The number of hydrogen-bond acceptors (Lipinski definition) is 1. The van der Waals surface area contributed by atoms with Crippen molar-refractivity contribution in [2.75, 3.05) is 6.54 Å². The van der Waals surface area contributed by atoms with Gasteiger partial charge in [-0.1, -0.05) is 6.07 Å². The van der Waals surface area contributed by atoms with E-state index in [1.807, 2.05) is 0 Å². The van der Waals surface area contributed by atoms with Gasteiger partial charge in [-0.25, -0.2) is 15.4 Å². The van der Waals surface area contributed by atoms with Crippen molar-refractivity contribution in [3.05, 3.63) is 46.8 Å². The second kappa shape index (κ2) is 5.05. The lowest BCUT2D eigenvalue weighted by molar-refractivity contribution is -0.119. The number of nitrogens with zero attached hydrogens (tertiary/aromatic N) is 1. The third-order valence-corrected chi connectivity index (χ3v) is 1.70. The van der Waals surface area contributed by atoms with E-state index >= 15 is 0 Å². The van der Waals surface area contributed by atoms with E-state index in [0.717, 1.165) is 12.1 Å². The van der Waals surface area contributed by atoms with Crippen LogP contribution in [0.4, 0.5) is 8.78 Å². The second-order valence-electron chi connectivity index (χ2n) is 2.84. The highest BCUT2D eigenvalue weighted by Crippen LogP contribution is 2.08. The van der Waals surface area contributed by atoms with Crippen LogP contribution in [0.5, 0.6) is 0 Å². The molecule has 5 heteroatoms. The second-order valence-corrected chi connectivity index (χ2v) is 2.84. The van der Waals surface area contributed by atoms with Crippen molar-refractivity contribution in [2.24, 2.45) is 0 Å². The lowest BCUT2D eigenvalue weighted by atomic mass is 10.2. The van der Waals surface area contributed by atoms with Gasteiger partial charge in [-0.05, 0) is 17.7 Å². The topological polar surface area (TPSA) is 33.5 Å². The van der Waals surface area contributed by atoms with Gasteiger partial charge in [0.1, 0.15) is 0 Å². The molecule has 0 saturated heterocycles. The Bertz CT molecular complexity index is 412. The summed E-state index contributed by atoms with van der Waals surface area (Å²) in [4.78, 5) is 13.8. The van der Waals surface area contributed by atoms with Crippen LogP contribution in [0.3, 0.4) is 0 Å². The Balaban J connectivity index is 2.55. The molecule has 0 radical (unpaired) electrons. The minimum absolute atomic E-state index is 0.0888. The smallest absolute Gasteiger partial charge is 0.300 e. The zero-order valence-electron chi connectivity index (χ0n) is 7.76. The van der Waals surface area contributed by atoms with Crippen LogP contribution in [0.2, 0.25) is 0 Å². The fourth-order valence-electron chi connectivity index (χ4n) is 0.978. The number of benzene rings is 1. The monoisotopic (exact) mass is 210 g/mol. The van der Waals surface area contributed by atoms with Crippen molar-refractivity contribution in [1.82, 2.24) is 5.32 Å². The number of carbonyl (C=O) groups excluding carboxylic acids is 1. The third-order valence-electron chi connectivity index (χ3n) is 1.70. The number of nitrogens with one attached hydrogen (secondary N) is 1. The first-order valence-corrected chi connectivity index (χ1v) is 4.17. The van der Waals surface area contributed by atoms with Crippen LogP contribution in [-0.4, -0.2) is 12.5 Å². The van der Waals surface area contributed by atoms with Gasteiger partial charge in [0.15, 0.2) is 11.6 Å². The molecule has 1 aromatic rings. The molecule has 1 rings (SSSR count). The Hall–Kier alpha value is -1.96. The molecule has 0 bridgehead atoms. The Morgan fingerprint density at radius 3 is 2.73 bits per heavy atom. The molecular formula is C10H8F2N2O. The van der Waals surface area contributed by atoms with E-state index in [-0.39, 0.29) is 13.1 Å². The van der Waals surface area contributed by atoms with Gasteiger partial charge in [0.25, 0.3) is 12.5 Å². The van der Waals surface area contributed by atoms with Crippen LogP contribution in [0.15, 0.2) is 18.2 Å². The summed E-state index contributed by atoms with van der Waals surface area (Å²) in [6, 6.07) is 3.37. The van der Waals surface area contributed by atoms with Crippen LogP contribution in [0.25, 0.3) is 4.85 Å². The van der Waals surface area contributed by atoms with E-state index in [9.17, 15) is 13.6 Å². The summed E-state index contributed by atoms with van der Waals surface area (Å²) in [5.74, 6) is -2.31. The molecule has 0 saturated carbocycles. The molecule has 0 heterocycles. The molecule has 0 atom stereocenters. The summed E-state index contributed by atoms with van der Waals surface area (Å²) in [5.41, 5.74) is 0.451. The van der Waals surface area contributed by atoms with Crippen LogP contribution in [-0.2, 0) is 11.3 Å². The van der Waals surface area contributed by atoms with Gasteiger partial charge in [0.2, 0.25) is 0 Å². The van der Waals surface area contributed by atoms with Gasteiger partial charge in [-0.3, -0.25) is 4.79 Å². The Morgan fingerprint density at radius 1 is 1.40 bits per heavy atom. The maximum Gasteiger partial charge on any atom is 0.300 e. The van der Waals surface area contributed by atoms with Crippen molar-refractivity contribution in [3.63, 3.8) is 0 Å². The SMILES string of the molecule is [C-]#[N+]CC(=O)NCc1ccc(F)c(F)c1. The lowest BCUT2D eigenvalue weighted by Gasteiger charge is -2.02. The van der Waals surface area contributed by atoms with Gasteiger partial charge in [0, 0.05) is 6.54 Å². The van der Waals surface area contributed by atoms with Crippen molar-refractivity contribution >= 4 is 5.91 Å². The van der Waals surface area contributed by atoms with Crippen LogP contribution in [0, 0.1) is 18.2 Å². The first-order valence-electron chi connectivity index (χ1n) is 4.17. The van der Waals surface area contributed by atoms with E-state index in [1.165, 1.54) is 6.07 Å². The standard InChI is InChI=1S/C10H8F2N2O/c1-13-6-10(15)14-5-7-2-3-8(11)9(12)4-7/h2-4H,5-6H2,(H,14,15). The van der Waals surface area contributed by atoms with Gasteiger partial charge < -0.3 is 10.2 Å². The minimum atomic E-state index is -0.952. The van der Waals surface area contributed by atoms with Gasteiger partial charge >= 0.3 is 0 Å². The summed E-state index contributed by atoms with van der Waals surface area (Å²) in [7, 11) is 0. The van der Waals surface area contributed by atoms with E-state index in [2.05, 4.69) is 10.2 Å². The van der Waals surface area contributed by atoms with Crippen LogP contribution in [0.1, 0.15) is 5.56 Å². The molecule has 78 valence electrons. The van der Waals surface area contributed by atoms with Gasteiger partial charge in [0.05, 0.1) is 0 Å². The molecule has 0 unspecified atom stereocenters. The molecule has 0 aromatic heterocycles. The van der Waals surface area contributed by atoms with Crippen molar-refractivity contribution < 1.29 is 13.6 Å². The quantitative estimate of drug-likeness (QED) is 0.753. The molecular weight excluding hydrogens is 202 g/mol. The normalized spacial score (nSPS) is 9.40. The summed E-state index contributed by atoms with van der Waals surface area (Å²) in [5, 5.41) is 2.40. The number of amides is 1. The third kappa shape index (κ3) is 3.35. The molecule has 3 nitrogen and oxygen atoms in total. The van der Waals surface area contributed by atoms with Gasteiger partial charge in [-0.15, -0.1) is 0 Å². The molecule has 0 aliphatic rings. The fourth-order valence-corrected chi connectivity index (χ4v) is 0.978. The summed E-state index contributed by atoms with van der Waals surface area (Å²) >= 11 is 0. The fraction of sp³-hybridized carbons (Fsp3) is 0.200. The molecule has 1 aromatic carbocycles. The zero-order chi connectivity index (χ0) is 11.3. The summed E-state index contributed by atoms with van der Waals surface area (Å²) in [6.07, 6.45) is 0. The molecule has 0 spiro atoms. The van der Waals surface area contributed by atoms with E-state index in [1.54, 1.807) is 0 Å². The molecule has 15 heavy (non-hydrogen) atoms.